The first kappa shape index (κ1) is 14.5. The van der Waals surface area contributed by atoms with Gasteiger partial charge in [-0.15, -0.1) is 0 Å². The molecule has 0 heterocycles. The Bertz CT molecular complexity index is 392. The van der Waals surface area contributed by atoms with Crippen molar-refractivity contribution in [1.82, 2.24) is 0 Å². The van der Waals surface area contributed by atoms with Crippen LogP contribution >= 0.6 is 0 Å². The fourth-order valence-corrected chi connectivity index (χ4v) is 1.32. The highest BCUT2D eigenvalue weighted by Gasteiger charge is 2.28. The minimum Gasteiger partial charge on any atom is -0.497 e. The lowest BCUT2D eigenvalue weighted by Gasteiger charge is -2.24. The van der Waals surface area contributed by atoms with Gasteiger partial charge in [-0.05, 0) is 23.1 Å². The molecular weight excluding hydrogens is 230 g/mol. The molecule has 18 heavy (non-hydrogen) atoms. The van der Waals surface area contributed by atoms with Gasteiger partial charge >= 0.3 is 5.97 Å². The molecule has 1 aromatic carbocycles. The third-order valence-corrected chi connectivity index (χ3v) is 2.73. The van der Waals surface area contributed by atoms with Crippen molar-refractivity contribution in [2.24, 2.45) is 11.1 Å². The van der Waals surface area contributed by atoms with E-state index in [2.05, 4.69) is 0 Å². The maximum Gasteiger partial charge on any atom is 0.323 e. The van der Waals surface area contributed by atoms with E-state index in [0.717, 1.165) is 11.3 Å². The van der Waals surface area contributed by atoms with Gasteiger partial charge in [-0.3, -0.25) is 4.79 Å². The van der Waals surface area contributed by atoms with Crippen LogP contribution in [0.25, 0.3) is 0 Å². The highest BCUT2D eigenvalue weighted by molar-refractivity contribution is 5.76. The Hall–Kier alpha value is -1.55. The first-order chi connectivity index (χ1) is 8.34. The minimum absolute atomic E-state index is 0.229. The van der Waals surface area contributed by atoms with Crippen LogP contribution in [0.3, 0.4) is 0 Å². The number of hydrogen-bond donors (Lipinski definition) is 1. The van der Waals surface area contributed by atoms with Gasteiger partial charge in [0.15, 0.2) is 0 Å². The van der Waals surface area contributed by atoms with E-state index >= 15 is 0 Å². The standard InChI is InChI=1S/C14H21NO3/c1-14(2,3)12(15)13(16)18-9-10-5-7-11(17-4)8-6-10/h5-8,12H,9,15H2,1-4H3/t12-/m1/s1. The number of ether oxygens (including phenoxy) is 2. The minimum atomic E-state index is -0.615. The van der Waals surface area contributed by atoms with Gasteiger partial charge < -0.3 is 15.2 Å². The van der Waals surface area contributed by atoms with Crippen molar-refractivity contribution in [3.63, 3.8) is 0 Å². The fraction of sp³-hybridized carbons (Fsp3) is 0.500. The van der Waals surface area contributed by atoms with Crippen LogP contribution in [0, 0.1) is 5.41 Å². The summed E-state index contributed by atoms with van der Waals surface area (Å²) < 4.78 is 10.2. The Kier molecular flexibility index (Phi) is 4.73. The van der Waals surface area contributed by atoms with Gasteiger partial charge in [-0.1, -0.05) is 32.9 Å². The van der Waals surface area contributed by atoms with Gasteiger partial charge in [-0.2, -0.15) is 0 Å². The van der Waals surface area contributed by atoms with Crippen LogP contribution in [-0.4, -0.2) is 19.1 Å². The van der Waals surface area contributed by atoms with Crippen LogP contribution in [0.1, 0.15) is 26.3 Å². The molecule has 0 saturated heterocycles. The second-order valence-corrected chi connectivity index (χ2v) is 5.30. The van der Waals surface area contributed by atoms with Crippen molar-refractivity contribution in [3.8, 4) is 5.75 Å². The molecule has 0 saturated carbocycles. The first-order valence-corrected chi connectivity index (χ1v) is 5.89. The van der Waals surface area contributed by atoms with E-state index in [1.165, 1.54) is 0 Å². The molecule has 0 radical (unpaired) electrons. The molecule has 100 valence electrons. The highest BCUT2D eigenvalue weighted by Crippen LogP contribution is 2.19. The molecule has 1 rings (SSSR count). The third kappa shape index (κ3) is 4.04. The summed E-state index contributed by atoms with van der Waals surface area (Å²) in [5.41, 5.74) is 6.42. The molecule has 0 unspecified atom stereocenters. The molecule has 2 N–H and O–H groups in total. The summed E-state index contributed by atoms with van der Waals surface area (Å²) in [4.78, 5) is 11.7. The fourth-order valence-electron chi connectivity index (χ4n) is 1.32. The number of benzene rings is 1. The Morgan fingerprint density at radius 1 is 1.28 bits per heavy atom. The van der Waals surface area contributed by atoms with Gasteiger partial charge in [0.1, 0.15) is 18.4 Å². The van der Waals surface area contributed by atoms with E-state index in [1.807, 2.05) is 45.0 Å². The third-order valence-electron chi connectivity index (χ3n) is 2.73. The number of nitrogens with two attached hydrogens (primary N) is 1. The predicted octanol–water partition coefficient (Wildman–Crippen LogP) is 2.11. The average molecular weight is 251 g/mol. The normalized spacial score (nSPS) is 12.9. The highest BCUT2D eigenvalue weighted by atomic mass is 16.5. The van der Waals surface area contributed by atoms with Gasteiger partial charge in [0.05, 0.1) is 7.11 Å². The molecule has 1 aromatic rings. The van der Waals surface area contributed by atoms with Gasteiger partial charge in [0.2, 0.25) is 0 Å². The van der Waals surface area contributed by atoms with Crippen LogP contribution in [0.4, 0.5) is 0 Å². The SMILES string of the molecule is COc1ccc(COC(=O)[C@@H](N)C(C)(C)C)cc1. The number of esters is 1. The van der Waals surface area contributed by atoms with E-state index < -0.39 is 6.04 Å². The van der Waals surface area contributed by atoms with E-state index in [9.17, 15) is 4.79 Å². The Labute approximate surface area is 108 Å². The van der Waals surface area contributed by atoms with Crippen LogP contribution in [-0.2, 0) is 16.1 Å². The number of carbonyl (C=O) groups is 1. The lowest BCUT2D eigenvalue weighted by Crippen LogP contribution is -2.43. The lowest BCUT2D eigenvalue weighted by molar-refractivity contribution is -0.149. The predicted molar refractivity (Wildman–Crippen MR) is 70.2 cm³/mol. The van der Waals surface area contributed by atoms with Crippen molar-refractivity contribution in [1.29, 1.82) is 0 Å². The van der Waals surface area contributed by atoms with Crippen LogP contribution < -0.4 is 10.5 Å². The quantitative estimate of drug-likeness (QED) is 0.833. The molecule has 4 heteroatoms. The molecular formula is C14H21NO3. The molecule has 0 bridgehead atoms. The first-order valence-electron chi connectivity index (χ1n) is 5.89. The van der Waals surface area contributed by atoms with Crippen molar-refractivity contribution in [2.75, 3.05) is 7.11 Å². The zero-order valence-electron chi connectivity index (χ0n) is 11.4. The molecule has 0 amide bonds. The van der Waals surface area contributed by atoms with Crippen LogP contribution in [0.2, 0.25) is 0 Å². The van der Waals surface area contributed by atoms with E-state index in [0.29, 0.717) is 0 Å². The van der Waals surface area contributed by atoms with Crippen LogP contribution in [0.15, 0.2) is 24.3 Å². The van der Waals surface area contributed by atoms with Crippen molar-refractivity contribution >= 4 is 5.97 Å². The van der Waals surface area contributed by atoms with Crippen molar-refractivity contribution < 1.29 is 14.3 Å². The van der Waals surface area contributed by atoms with E-state index in [1.54, 1.807) is 7.11 Å². The summed E-state index contributed by atoms with van der Waals surface area (Å²) in [6.07, 6.45) is 0. The van der Waals surface area contributed by atoms with E-state index in [-0.39, 0.29) is 18.0 Å². The van der Waals surface area contributed by atoms with Gasteiger partial charge in [0.25, 0.3) is 0 Å². The second kappa shape index (κ2) is 5.87. The number of rotatable bonds is 4. The van der Waals surface area contributed by atoms with Crippen molar-refractivity contribution in [3.05, 3.63) is 29.8 Å². The summed E-state index contributed by atoms with van der Waals surface area (Å²) in [6.45, 7) is 5.96. The summed E-state index contributed by atoms with van der Waals surface area (Å²) in [6, 6.07) is 6.75. The topological polar surface area (TPSA) is 61.5 Å². The molecule has 0 spiro atoms. The molecule has 4 nitrogen and oxygen atoms in total. The molecule has 1 atom stereocenters. The lowest BCUT2D eigenvalue weighted by atomic mass is 9.87. The Balaban J connectivity index is 2.52. The largest absolute Gasteiger partial charge is 0.497 e. The molecule has 0 aliphatic heterocycles. The number of carbonyl (C=O) groups excluding carboxylic acids is 1. The van der Waals surface area contributed by atoms with Crippen molar-refractivity contribution in [2.45, 2.75) is 33.4 Å². The maximum atomic E-state index is 11.7. The zero-order chi connectivity index (χ0) is 13.8. The number of hydrogen-bond acceptors (Lipinski definition) is 4. The molecule has 0 aromatic heterocycles. The average Bonchev–Trinajstić information content (AvgIpc) is 2.34. The maximum absolute atomic E-state index is 11.7. The molecule has 0 fully saturated rings. The summed E-state index contributed by atoms with van der Waals surface area (Å²) >= 11 is 0. The Morgan fingerprint density at radius 3 is 2.28 bits per heavy atom. The monoisotopic (exact) mass is 251 g/mol. The molecule has 0 aliphatic rings. The van der Waals surface area contributed by atoms with Gasteiger partial charge in [0, 0.05) is 0 Å². The Morgan fingerprint density at radius 2 is 1.83 bits per heavy atom. The smallest absolute Gasteiger partial charge is 0.323 e. The van der Waals surface area contributed by atoms with Gasteiger partial charge in [-0.25, -0.2) is 0 Å². The summed E-state index contributed by atoms with van der Waals surface area (Å²) in [7, 11) is 1.61. The van der Waals surface area contributed by atoms with E-state index in [4.69, 9.17) is 15.2 Å². The van der Waals surface area contributed by atoms with Crippen LogP contribution in [0.5, 0.6) is 5.75 Å². The zero-order valence-corrected chi connectivity index (χ0v) is 11.4. The second-order valence-electron chi connectivity index (χ2n) is 5.30. The number of methoxy groups -OCH3 is 1. The summed E-state index contributed by atoms with van der Waals surface area (Å²) in [5, 5.41) is 0. The summed E-state index contributed by atoms with van der Waals surface area (Å²) in [5.74, 6) is 0.398. The molecule has 0 aliphatic carbocycles.